The Morgan fingerprint density at radius 1 is 1.05 bits per heavy atom. The van der Waals surface area contributed by atoms with Gasteiger partial charge in [0.25, 0.3) is 5.91 Å². The molecule has 0 radical (unpaired) electrons. The number of aliphatic hydroxyl groups excluding tert-OH is 1. The number of halogens is 1. The number of para-hydroxylation sites is 1. The van der Waals surface area contributed by atoms with E-state index in [1.807, 2.05) is 24.3 Å². The van der Waals surface area contributed by atoms with Gasteiger partial charge >= 0.3 is 0 Å². The SMILES string of the molecule is CCN(CC)c1ccc(C2C(C(=O)c3cc4cccc(OC)c4o3)=C(O)C(=O)N2Cc2ccc(F)cc2)cc1. The average molecular weight is 529 g/mol. The molecule has 0 spiro atoms. The van der Waals surface area contributed by atoms with Crippen LogP contribution in [0.4, 0.5) is 10.1 Å². The summed E-state index contributed by atoms with van der Waals surface area (Å²) in [7, 11) is 1.51. The van der Waals surface area contributed by atoms with E-state index in [1.165, 1.54) is 24.1 Å². The summed E-state index contributed by atoms with van der Waals surface area (Å²) in [6.07, 6.45) is 0. The molecule has 4 aromatic rings. The van der Waals surface area contributed by atoms with E-state index < -0.39 is 29.3 Å². The van der Waals surface area contributed by atoms with Crippen molar-refractivity contribution in [2.24, 2.45) is 0 Å². The van der Waals surface area contributed by atoms with E-state index >= 15 is 0 Å². The molecule has 1 aromatic heterocycles. The fraction of sp³-hybridized carbons (Fsp3) is 0.226. The van der Waals surface area contributed by atoms with E-state index in [1.54, 1.807) is 36.4 Å². The molecule has 2 heterocycles. The number of anilines is 1. The maximum Gasteiger partial charge on any atom is 0.290 e. The van der Waals surface area contributed by atoms with Crippen LogP contribution >= 0.6 is 0 Å². The van der Waals surface area contributed by atoms with Crippen molar-refractivity contribution in [3.05, 3.63) is 107 Å². The number of methoxy groups -OCH3 is 1. The number of fused-ring (bicyclic) bond motifs is 1. The smallest absolute Gasteiger partial charge is 0.290 e. The number of ketones is 1. The molecule has 0 saturated carbocycles. The number of nitrogens with zero attached hydrogens (tertiary/aromatic N) is 2. The third-order valence-electron chi connectivity index (χ3n) is 7.10. The molecular formula is C31H29FN2O5. The lowest BCUT2D eigenvalue weighted by Gasteiger charge is -2.28. The number of aliphatic hydroxyl groups is 1. The molecule has 200 valence electrons. The highest BCUT2D eigenvalue weighted by molar-refractivity contribution is 6.16. The predicted octanol–water partition coefficient (Wildman–Crippen LogP) is 6.21. The first-order chi connectivity index (χ1) is 18.9. The minimum absolute atomic E-state index is 0.0164. The molecule has 0 saturated heterocycles. The summed E-state index contributed by atoms with van der Waals surface area (Å²) >= 11 is 0. The lowest BCUT2D eigenvalue weighted by Crippen LogP contribution is -2.30. The van der Waals surface area contributed by atoms with Crippen molar-refractivity contribution < 1.29 is 28.2 Å². The number of carbonyl (C=O) groups is 2. The van der Waals surface area contributed by atoms with Crippen molar-refractivity contribution in [2.75, 3.05) is 25.1 Å². The fourth-order valence-corrected chi connectivity index (χ4v) is 5.08. The quantitative estimate of drug-likeness (QED) is 0.260. The number of hydrogen-bond acceptors (Lipinski definition) is 6. The molecular weight excluding hydrogens is 499 g/mol. The Morgan fingerprint density at radius 2 is 1.74 bits per heavy atom. The summed E-state index contributed by atoms with van der Waals surface area (Å²) in [5.74, 6) is -1.86. The third kappa shape index (κ3) is 4.74. The topological polar surface area (TPSA) is 83.2 Å². The van der Waals surface area contributed by atoms with E-state index in [9.17, 15) is 19.1 Å². The number of carbonyl (C=O) groups excluding carboxylic acids is 2. The van der Waals surface area contributed by atoms with Gasteiger partial charge in [0.15, 0.2) is 22.9 Å². The molecule has 8 heteroatoms. The summed E-state index contributed by atoms with van der Waals surface area (Å²) in [5, 5.41) is 11.7. The van der Waals surface area contributed by atoms with Crippen LogP contribution < -0.4 is 9.64 Å². The van der Waals surface area contributed by atoms with Crippen LogP contribution in [0.1, 0.15) is 41.6 Å². The molecule has 0 aliphatic carbocycles. The molecule has 1 N–H and O–H groups in total. The van der Waals surface area contributed by atoms with Gasteiger partial charge in [0, 0.05) is 30.7 Å². The van der Waals surface area contributed by atoms with Gasteiger partial charge < -0.3 is 24.1 Å². The summed E-state index contributed by atoms with van der Waals surface area (Å²) in [6, 6.07) is 19.4. The normalized spacial score (nSPS) is 15.3. The van der Waals surface area contributed by atoms with Gasteiger partial charge in [-0.1, -0.05) is 36.4 Å². The van der Waals surface area contributed by atoms with Crippen LogP contribution in [0, 0.1) is 5.82 Å². The first kappa shape index (κ1) is 26.0. The predicted molar refractivity (Wildman–Crippen MR) is 146 cm³/mol. The third-order valence-corrected chi connectivity index (χ3v) is 7.10. The van der Waals surface area contributed by atoms with Crippen molar-refractivity contribution in [1.29, 1.82) is 0 Å². The van der Waals surface area contributed by atoms with Gasteiger partial charge in [-0.2, -0.15) is 0 Å². The molecule has 39 heavy (non-hydrogen) atoms. The monoisotopic (exact) mass is 528 g/mol. The largest absolute Gasteiger partial charge is 0.503 e. The maximum atomic E-state index is 13.9. The molecule has 5 rings (SSSR count). The van der Waals surface area contributed by atoms with E-state index in [0.717, 1.165) is 18.8 Å². The lowest BCUT2D eigenvalue weighted by molar-refractivity contribution is -0.130. The molecule has 7 nitrogen and oxygen atoms in total. The summed E-state index contributed by atoms with van der Waals surface area (Å²) in [4.78, 5) is 30.9. The van der Waals surface area contributed by atoms with Crippen molar-refractivity contribution >= 4 is 28.3 Å². The Hall–Kier alpha value is -4.59. The second-order valence-electron chi connectivity index (χ2n) is 9.31. The first-order valence-corrected chi connectivity index (χ1v) is 12.8. The van der Waals surface area contributed by atoms with Crippen LogP contribution in [0.15, 0.2) is 88.5 Å². The molecule has 1 amide bonds. The Morgan fingerprint density at radius 3 is 2.38 bits per heavy atom. The second-order valence-corrected chi connectivity index (χ2v) is 9.31. The minimum atomic E-state index is -0.879. The number of benzene rings is 3. The lowest BCUT2D eigenvalue weighted by atomic mass is 9.94. The highest BCUT2D eigenvalue weighted by atomic mass is 19.1. The molecule has 1 unspecified atom stereocenters. The first-order valence-electron chi connectivity index (χ1n) is 12.8. The Balaban J connectivity index is 1.58. The van der Waals surface area contributed by atoms with Gasteiger partial charge in [-0.15, -0.1) is 0 Å². The van der Waals surface area contributed by atoms with Crippen molar-refractivity contribution in [3.63, 3.8) is 0 Å². The molecule has 1 aliphatic heterocycles. The van der Waals surface area contributed by atoms with Crippen LogP contribution in [0.3, 0.4) is 0 Å². The standard InChI is InChI=1S/C31H29FN2O5/c1-4-33(5-2)23-15-11-20(12-16-23)27-26(28(35)25-17-21-7-6-8-24(38-3)30(21)39-25)29(36)31(37)34(27)18-19-9-13-22(32)14-10-19/h6-17,27,36H,4-5,18H2,1-3H3. The summed E-state index contributed by atoms with van der Waals surface area (Å²) in [6.45, 7) is 5.86. The van der Waals surface area contributed by atoms with Crippen LogP contribution in [-0.4, -0.2) is 41.9 Å². The summed E-state index contributed by atoms with van der Waals surface area (Å²) in [5.41, 5.74) is 2.64. The molecule has 0 fully saturated rings. The number of rotatable bonds is 9. The van der Waals surface area contributed by atoms with Crippen molar-refractivity contribution in [1.82, 2.24) is 4.90 Å². The van der Waals surface area contributed by atoms with Gasteiger partial charge in [-0.05, 0) is 61.4 Å². The highest BCUT2D eigenvalue weighted by Gasteiger charge is 2.44. The zero-order valence-electron chi connectivity index (χ0n) is 22.0. The molecule has 1 atom stereocenters. The van der Waals surface area contributed by atoms with Gasteiger partial charge in [-0.3, -0.25) is 9.59 Å². The Labute approximate surface area is 225 Å². The number of hydrogen-bond donors (Lipinski definition) is 1. The second kappa shape index (κ2) is 10.6. The van der Waals surface area contributed by atoms with Crippen LogP contribution in [0.5, 0.6) is 5.75 Å². The Bertz CT molecular complexity index is 1550. The van der Waals surface area contributed by atoms with E-state index in [0.29, 0.717) is 27.8 Å². The number of Topliss-reactive ketones (excluding diaryl/α,β-unsaturated/α-hetero) is 1. The van der Waals surface area contributed by atoms with Gasteiger partial charge in [0.05, 0.1) is 18.7 Å². The zero-order valence-corrected chi connectivity index (χ0v) is 22.0. The van der Waals surface area contributed by atoms with E-state index in [4.69, 9.17) is 9.15 Å². The average Bonchev–Trinajstić information content (AvgIpc) is 3.50. The van der Waals surface area contributed by atoms with Gasteiger partial charge in [0.2, 0.25) is 5.78 Å². The highest BCUT2D eigenvalue weighted by Crippen LogP contribution is 2.41. The zero-order chi connectivity index (χ0) is 27.7. The van der Waals surface area contributed by atoms with Crippen molar-refractivity contribution in [3.8, 4) is 5.75 Å². The van der Waals surface area contributed by atoms with Crippen LogP contribution in [0.2, 0.25) is 0 Å². The summed E-state index contributed by atoms with van der Waals surface area (Å²) < 4.78 is 24.8. The number of amides is 1. The maximum absolute atomic E-state index is 13.9. The van der Waals surface area contributed by atoms with E-state index in [2.05, 4.69) is 18.7 Å². The molecule has 0 bridgehead atoms. The Kier molecular flexibility index (Phi) is 7.11. The molecule has 3 aromatic carbocycles. The van der Waals surface area contributed by atoms with Gasteiger partial charge in [0.1, 0.15) is 5.82 Å². The van der Waals surface area contributed by atoms with Gasteiger partial charge in [-0.25, -0.2) is 4.39 Å². The van der Waals surface area contributed by atoms with Crippen LogP contribution in [0.25, 0.3) is 11.0 Å². The number of ether oxygens (including phenoxy) is 1. The van der Waals surface area contributed by atoms with Crippen molar-refractivity contribution in [2.45, 2.75) is 26.4 Å². The van der Waals surface area contributed by atoms with Crippen LogP contribution in [-0.2, 0) is 11.3 Å². The fourth-order valence-electron chi connectivity index (χ4n) is 5.08. The number of furan rings is 1. The molecule has 1 aliphatic rings. The van der Waals surface area contributed by atoms with E-state index in [-0.39, 0.29) is 17.9 Å². The minimum Gasteiger partial charge on any atom is -0.503 e.